The van der Waals surface area contributed by atoms with Gasteiger partial charge in [-0.1, -0.05) is 194 Å². The van der Waals surface area contributed by atoms with Crippen LogP contribution in [0, 0.1) is 0 Å². The summed E-state index contributed by atoms with van der Waals surface area (Å²) >= 11 is 0. The molecule has 3 aromatic heterocycles. The van der Waals surface area contributed by atoms with Crippen LogP contribution < -0.4 is 0 Å². The summed E-state index contributed by atoms with van der Waals surface area (Å²) in [7, 11) is 0. The topological polar surface area (TPSA) is 14.8 Å². The first-order valence-corrected chi connectivity index (χ1v) is 22.1. The Bertz CT molecular complexity index is 3690. The minimum absolute atomic E-state index is 0.599. The van der Waals surface area contributed by atoms with Crippen molar-refractivity contribution < 1.29 is 0 Å². The second kappa shape index (κ2) is 14.3. The lowest BCUT2D eigenvalue weighted by molar-refractivity contribution is 0.744. The first-order valence-electron chi connectivity index (χ1n) is 22.1. The third-order valence-electron chi connectivity index (χ3n) is 13.6. The van der Waals surface area contributed by atoms with Gasteiger partial charge in [-0.2, -0.15) is 0 Å². The summed E-state index contributed by atoms with van der Waals surface area (Å²) in [6, 6.07) is 91.5. The summed E-state index contributed by atoms with van der Waals surface area (Å²) in [5, 5.41) is 7.35. The third-order valence-corrected chi connectivity index (χ3v) is 13.6. The van der Waals surface area contributed by atoms with Gasteiger partial charge in [0.05, 0.1) is 44.2 Å². The molecule has 0 bridgehead atoms. The van der Waals surface area contributed by atoms with Crippen molar-refractivity contribution in [2.75, 3.05) is 0 Å². The molecule has 0 aliphatic carbocycles. The van der Waals surface area contributed by atoms with Gasteiger partial charge in [0, 0.05) is 43.7 Å². The van der Waals surface area contributed by atoms with E-state index in [4.69, 9.17) is 0 Å². The van der Waals surface area contributed by atoms with Crippen LogP contribution in [0.3, 0.4) is 0 Å². The molecular weight excluding hydrogens is 775 g/mol. The number of rotatable bonds is 7. The Labute approximate surface area is 370 Å². The molecule has 0 aliphatic heterocycles. The van der Waals surface area contributed by atoms with Crippen molar-refractivity contribution >= 4 is 65.4 Å². The minimum atomic E-state index is -0.599. The number of hydrogen-bond acceptors (Lipinski definition) is 0. The first-order chi connectivity index (χ1) is 31.8. The van der Waals surface area contributed by atoms with Crippen LogP contribution in [0.1, 0.15) is 22.3 Å². The van der Waals surface area contributed by atoms with Gasteiger partial charge in [0.15, 0.2) is 0 Å². The molecule has 3 heterocycles. The number of aromatic nitrogens is 3. The second-order valence-corrected chi connectivity index (χ2v) is 16.9. The molecule has 0 fully saturated rings. The largest absolute Gasteiger partial charge is 0.309 e. The number of nitrogens with zero attached hydrogens (tertiary/aromatic N) is 3. The molecule has 0 aliphatic rings. The van der Waals surface area contributed by atoms with Crippen molar-refractivity contribution in [3.8, 4) is 17.1 Å². The molecule has 0 saturated carbocycles. The number of benzene rings is 10. The number of hydrogen-bond donors (Lipinski definition) is 0. The summed E-state index contributed by atoms with van der Waals surface area (Å²) in [6.45, 7) is 0. The fourth-order valence-electron chi connectivity index (χ4n) is 11.0. The Morgan fingerprint density at radius 2 is 0.594 bits per heavy atom. The smallest absolute Gasteiger partial charge is 0.0784 e. The maximum atomic E-state index is 2.52. The minimum Gasteiger partial charge on any atom is -0.309 e. The van der Waals surface area contributed by atoms with Gasteiger partial charge in [-0.15, -0.1) is 0 Å². The molecule has 3 heteroatoms. The molecule has 0 spiro atoms. The number of para-hydroxylation sites is 5. The van der Waals surface area contributed by atoms with Crippen LogP contribution >= 0.6 is 0 Å². The van der Waals surface area contributed by atoms with Crippen molar-refractivity contribution in [3.63, 3.8) is 0 Å². The molecule has 3 nitrogen and oxygen atoms in total. The zero-order valence-corrected chi connectivity index (χ0v) is 35.0. The standard InChI is InChI=1S/C61H41N3/c1-4-21-42(22-5-1)61(43-23-6-2-7-24-43,44-25-8-3-9-26-44)45-27-20-28-46(39-45)63-56-36-17-14-33-52(56)53-40-47(62-54-34-15-10-29-48(54)49-30-11-16-35-55(49)62)41-59(60(53)63)64-57-37-18-12-31-50(57)51-32-13-19-38-58(51)64/h1-41H. The number of fused-ring (bicyclic) bond motifs is 9. The van der Waals surface area contributed by atoms with E-state index in [1.54, 1.807) is 0 Å². The lowest BCUT2D eigenvalue weighted by Crippen LogP contribution is -2.31. The van der Waals surface area contributed by atoms with Crippen molar-refractivity contribution in [2.24, 2.45) is 0 Å². The molecule has 13 aromatic rings. The lowest BCUT2D eigenvalue weighted by atomic mass is 9.65. The SMILES string of the molecule is c1ccc(C(c2ccccc2)(c2ccccc2)c2cccc(-n3c4ccccc4c4cc(-n5c6ccccc6c6ccccc65)cc(-n5c6ccccc6c6ccccc65)c43)c2)cc1. The predicted octanol–water partition coefficient (Wildman–Crippen LogP) is 15.4. The first kappa shape index (κ1) is 36.3. The molecule has 0 saturated heterocycles. The van der Waals surface area contributed by atoms with E-state index >= 15 is 0 Å². The van der Waals surface area contributed by atoms with E-state index in [0.29, 0.717) is 0 Å². The van der Waals surface area contributed by atoms with Gasteiger partial charge in [0.1, 0.15) is 0 Å². The van der Waals surface area contributed by atoms with E-state index in [1.165, 1.54) is 76.6 Å². The van der Waals surface area contributed by atoms with Gasteiger partial charge >= 0.3 is 0 Å². The fourth-order valence-corrected chi connectivity index (χ4v) is 11.0. The molecule has 0 atom stereocenters. The van der Waals surface area contributed by atoms with E-state index in [0.717, 1.165) is 28.1 Å². The summed E-state index contributed by atoms with van der Waals surface area (Å²) in [6.07, 6.45) is 0. The molecule has 300 valence electrons. The third kappa shape index (κ3) is 5.22. The second-order valence-electron chi connectivity index (χ2n) is 16.9. The lowest BCUT2D eigenvalue weighted by Gasteiger charge is -2.37. The van der Waals surface area contributed by atoms with Gasteiger partial charge in [0.2, 0.25) is 0 Å². The molecular formula is C61H41N3. The zero-order chi connectivity index (χ0) is 42.2. The van der Waals surface area contributed by atoms with E-state index in [1.807, 2.05) is 0 Å². The van der Waals surface area contributed by atoms with Crippen LogP contribution in [0.5, 0.6) is 0 Å². The highest BCUT2D eigenvalue weighted by Gasteiger charge is 2.38. The van der Waals surface area contributed by atoms with Crippen LogP contribution in [0.4, 0.5) is 0 Å². The zero-order valence-electron chi connectivity index (χ0n) is 35.0. The average Bonchev–Trinajstić information content (AvgIpc) is 4.01. The van der Waals surface area contributed by atoms with Gasteiger partial charge in [-0.3, -0.25) is 0 Å². The quantitative estimate of drug-likeness (QED) is 0.142. The van der Waals surface area contributed by atoms with E-state index < -0.39 is 5.41 Å². The van der Waals surface area contributed by atoms with Gasteiger partial charge < -0.3 is 13.7 Å². The van der Waals surface area contributed by atoms with Crippen LogP contribution in [-0.2, 0) is 5.41 Å². The average molecular weight is 816 g/mol. The van der Waals surface area contributed by atoms with Gasteiger partial charge in [-0.25, -0.2) is 0 Å². The normalized spacial score (nSPS) is 12.1. The molecule has 0 radical (unpaired) electrons. The Morgan fingerprint density at radius 3 is 1.05 bits per heavy atom. The Morgan fingerprint density at radius 1 is 0.234 bits per heavy atom. The molecule has 0 N–H and O–H groups in total. The maximum Gasteiger partial charge on any atom is 0.0784 e. The molecule has 0 unspecified atom stereocenters. The summed E-state index contributed by atoms with van der Waals surface area (Å²) in [5.41, 5.74) is 14.6. The van der Waals surface area contributed by atoms with E-state index in [2.05, 4.69) is 262 Å². The van der Waals surface area contributed by atoms with E-state index in [-0.39, 0.29) is 0 Å². The van der Waals surface area contributed by atoms with Gasteiger partial charge in [0.25, 0.3) is 0 Å². The highest BCUT2D eigenvalue weighted by molar-refractivity contribution is 6.16. The van der Waals surface area contributed by atoms with E-state index in [9.17, 15) is 0 Å². The van der Waals surface area contributed by atoms with Crippen molar-refractivity contribution in [1.29, 1.82) is 0 Å². The van der Waals surface area contributed by atoms with Gasteiger partial charge in [-0.05, 0) is 76.9 Å². The van der Waals surface area contributed by atoms with Crippen LogP contribution in [0.15, 0.2) is 249 Å². The predicted molar refractivity (Wildman–Crippen MR) is 268 cm³/mol. The molecule has 0 amide bonds. The maximum absolute atomic E-state index is 2.52. The molecule has 13 rings (SSSR count). The highest BCUT2D eigenvalue weighted by Crippen LogP contribution is 2.47. The van der Waals surface area contributed by atoms with Crippen molar-refractivity contribution in [3.05, 3.63) is 271 Å². The summed E-state index contributed by atoms with van der Waals surface area (Å²) < 4.78 is 7.49. The van der Waals surface area contributed by atoms with Crippen molar-refractivity contribution in [2.45, 2.75) is 5.41 Å². The Kier molecular flexibility index (Phi) is 8.13. The Balaban J connectivity index is 1.18. The van der Waals surface area contributed by atoms with Crippen LogP contribution in [0.25, 0.3) is 82.5 Å². The van der Waals surface area contributed by atoms with Crippen molar-refractivity contribution in [1.82, 2.24) is 13.7 Å². The fraction of sp³-hybridized carbons (Fsp3) is 0.0164. The summed E-state index contributed by atoms with van der Waals surface area (Å²) in [5.74, 6) is 0. The van der Waals surface area contributed by atoms with Crippen LogP contribution in [0.2, 0.25) is 0 Å². The Hall–Kier alpha value is -8.40. The highest BCUT2D eigenvalue weighted by atomic mass is 15.1. The molecule has 64 heavy (non-hydrogen) atoms. The summed E-state index contributed by atoms with van der Waals surface area (Å²) in [4.78, 5) is 0. The molecule has 10 aromatic carbocycles. The monoisotopic (exact) mass is 815 g/mol. The van der Waals surface area contributed by atoms with Crippen LogP contribution in [-0.4, -0.2) is 13.7 Å².